The summed E-state index contributed by atoms with van der Waals surface area (Å²) in [5, 5.41) is 9.89. The van der Waals surface area contributed by atoms with Crippen LogP contribution in [0, 0.1) is 17.1 Å². The maximum absolute atomic E-state index is 15.4. The van der Waals surface area contributed by atoms with Crippen molar-refractivity contribution in [1.82, 2.24) is 4.98 Å². The molecule has 1 aromatic heterocycles. The van der Waals surface area contributed by atoms with Crippen LogP contribution in [0.15, 0.2) is 66.9 Å². The van der Waals surface area contributed by atoms with Gasteiger partial charge in [-0.1, -0.05) is 24.3 Å². The molecule has 2 atom stereocenters. The van der Waals surface area contributed by atoms with Gasteiger partial charge in [-0.2, -0.15) is 5.26 Å². The van der Waals surface area contributed by atoms with Gasteiger partial charge in [0.05, 0.1) is 36.5 Å². The summed E-state index contributed by atoms with van der Waals surface area (Å²) < 4.78 is 27.1. The zero-order valence-electron chi connectivity index (χ0n) is 20.0. The highest BCUT2D eigenvalue weighted by Crippen LogP contribution is 2.40. The smallest absolute Gasteiger partial charge is 0.137 e. The third kappa shape index (κ3) is 4.31. The molecule has 1 aliphatic heterocycles. The Morgan fingerprint density at radius 1 is 1.00 bits per heavy atom. The van der Waals surface area contributed by atoms with Gasteiger partial charge >= 0.3 is 0 Å². The fourth-order valence-electron chi connectivity index (χ4n) is 4.88. The van der Waals surface area contributed by atoms with E-state index >= 15 is 4.39 Å². The first-order valence-corrected chi connectivity index (χ1v) is 11.6. The average molecular weight is 468 g/mol. The van der Waals surface area contributed by atoms with Crippen molar-refractivity contribution in [3.8, 4) is 34.1 Å². The second-order valence-electron chi connectivity index (χ2n) is 8.92. The van der Waals surface area contributed by atoms with Crippen LogP contribution in [0.3, 0.4) is 0 Å². The molecule has 0 bridgehead atoms. The molecule has 35 heavy (non-hydrogen) atoms. The molecule has 0 spiro atoms. The number of nitriles is 1. The van der Waals surface area contributed by atoms with Crippen molar-refractivity contribution in [1.29, 1.82) is 5.26 Å². The molecule has 0 N–H and O–H groups in total. The molecule has 1 fully saturated rings. The summed E-state index contributed by atoms with van der Waals surface area (Å²) in [5.41, 5.74) is 5.10. The van der Waals surface area contributed by atoms with Crippen LogP contribution in [0.25, 0.3) is 33.2 Å². The lowest BCUT2D eigenvalue weighted by molar-refractivity contribution is -0.00523. The van der Waals surface area contributed by atoms with Crippen LogP contribution < -0.4 is 9.64 Å². The van der Waals surface area contributed by atoms with E-state index < -0.39 is 0 Å². The van der Waals surface area contributed by atoms with Crippen LogP contribution in [-0.4, -0.2) is 37.4 Å². The summed E-state index contributed by atoms with van der Waals surface area (Å²) in [4.78, 5) is 6.88. The number of morpholine rings is 1. The average Bonchev–Trinajstić information content (AvgIpc) is 2.87. The van der Waals surface area contributed by atoms with E-state index in [2.05, 4.69) is 11.0 Å². The summed E-state index contributed by atoms with van der Waals surface area (Å²) >= 11 is 0. The highest BCUT2D eigenvalue weighted by atomic mass is 19.1. The van der Waals surface area contributed by atoms with Crippen LogP contribution in [0.2, 0.25) is 0 Å². The predicted molar refractivity (Wildman–Crippen MR) is 136 cm³/mol. The minimum atomic E-state index is -0.322. The quantitative estimate of drug-likeness (QED) is 0.358. The molecule has 3 aromatic carbocycles. The van der Waals surface area contributed by atoms with Gasteiger partial charge in [-0.3, -0.25) is 4.98 Å². The fraction of sp³-hybridized carbons (Fsp3) is 0.241. The minimum Gasteiger partial charge on any atom is -0.495 e. The molecule has 176 valence electrons. The Balaban J connectivity index is 1.56. The normalized spacial score (nSPS) is 17.9. The Hall–Kier alpha value is -3.95. The largest absolute Gasteiger partial charge is 0.495 e. The van der Waals surface area contributed by atoms with E-state index in [-0.39, 0.29) is 18.0 Å². The Labute approximate surface area is 204 Å². The van der Waals surface area contributed by atoms with E-state index in [0.29, 0.717) is 22.4 Å². The van der Waals surface area contributed by atoms with Gasteiger partial charge in [-0.15, -0.1) is 0 Å². The molecule has 0 aliphatic carbocycles. The van der Waals surface area contributed by atoms with Crippen molar-refractivity contribution in [3.05, 3.63) is 78.2 Å². The summed E-state index contributed by atoms with van der Waals surface area (Å²) in [6.07, 6.45) is 1.86. The summed E-state index contributed by atoms with van der Waals surface area (Å²) in [7, 11) is 1.59. The van der Waals surface area contributed by atoms with Crippen molar-refractivity contribution < 1.29 is 13.9 Å². The van der Waals surface area contributed by atoms with Crippen molar-refractivity contribution in [2.45, 2.75) is 26.1 Å². The second-order valence-corrected chi connectivity index (χ2v) is 8.92. The van der Waals surface area contributed by atoms with Gasteiger partial charge in [0.15, 0.2) is 0 Å². The first-order valence-electron chi connectivity index (χ1n) is 11.6. The molecular weight excluding hydrogens is 441 g/mol. The third-order valence-electron chi connectivity index (χ3n) is 6.40. The number of para-hydroxylation sites is 1. The second kappa shape index (κ2) is 9.36. The van der Waals surface area contributed by atoms with Crippen molar-refractivity contribution >= 4 is 16.6 Å². The van der Waals surface area contributed by atoms with Gasteiger partial charge in [-0.05, 0) is 55.8 Å². The Morgan fingerprint density at radius 3 is 2.40 bits per heavy atom. The monoisotopic (exact) mass is 467 g/mol. The summed E-state index contributed by atoms with van der Waals surface area (Å²) in [6, 6.07) is 20.7. The number of benzene rings is 3. The van der Waals surface area contributed by atoms with E-state index in [9.17, 15) is 0 Å². The Kier molecular flexibility index (Phi) is 6.10. The highest BCUT2D eigenvalue weighted by Gasteiger charge is 2.24. The zero-order chi connectivity index (χ0) is 24.5. The molecule has 1 aliphatic rings. The number of anilines is 1. The number of pyridine rings is 1. The zero-order valence-corrected chi connectivity index (χ0v) is 20.0. The number of hydrogen-bond acceptors (Lipinski definition) is 5. The van der Waals surface area contributed by atoms with Crippen LogP contribution in [0.5, 0.6) is 5.75 Å². The van der Waals surface area contributed by atoms with E-state index in [1.165, 1.54) is 0 Å². The van der Waals surface area contributed by atoms with Gasteiger partial charge in [-0.25, -0.2) is 4.39 Å². The van der Waals surface area contributed by atoms with Gasteiger partial charge in [0.1, 0.15) is 11.6 Å². The van der Waals surface area contributed by atoms with E-state index in [1.807, 2.05) is 50.2 Å². The molecule has 5 nitrogen and oxygen atoms in total. The molecule has 2 unspecified atom stereocenters. The lowest BCUT2D eigenvalue weighted by Crippen LogP contribution is -2.45. The topological polar surface area (TPSA) is 58.4 Å². The molecule has 5 rings (SSSR count). The molecule has 0 saturated carbocycles. The van der Waals surface area contributed by atoms with Crippen LogP contribution in [0.1, 0.15) is 19.4 Å². The van der Waals surface area contributed by atoms with Gasteiger partial charge in [0, 0.05) is 47.1 Å². The first kappa shape index (κ1) is 22.8. The van der Waals surface area contributed by atoms with Crippen LogP contribution in [0.4, 0.5) is 10.1 Å². The standard InChI is InChI=1S/C29H26FN3O2/c1-18-16-33(17-19(2)35-18)22-11-12-24(27(30)13-22)26-15-32-28-23(5-4-6-25(28)29(26)34-3)21-9-7-20(14-31)8-10-21/h4-13,15,18-19H,16-17H2,1-3H3. The molecule has 0 amide bonds. The molecule has 6 heteroatoms. The number of fused-ring (bicyclic) bond motifs is 1. The lowest BCUT2D eigenvalue weighted by atomic mass is 9.97. The SMILES string of the molecule is COc1c(-c2ccc(N3CC(C)OC(C)C3)cc2F)cnc2c(-c3ccc(C#N)cc3)cccc12. The third-order valence-corrected chi connectivity index (χ3v) is 6.40. The minimum absolute atomic E-state index is 0.0940. The maximum atomic E-state index is 15.4. The van der Waals surface area contributed by atoms with Gasteiger partial charge in [0.25, 0.3) is 0 Å². The number of aromatic nitrogens is 1. The van der Waals surface area contributed by atoms with Crippen LogP contribution >= 0.6 is 0 Å². The first-order chi connectivity index (χ1) is 17.0. The van der Waals surface area contributed by atoms with E-state index in [4.69, 9.17) is 19.7 Å². The van der Waals surface area contributed by atoms with Crippen molar-refractivity contribution in [2.24, 2.45) is 0 Å². The van der Waals surface area contributed by atoms with E-state index in [0.717, 1.165) is 40.8 Å². The number of nitrogens with zero attached hydrogens (tertiary/aromatic N) is 3. The number of hydrogen-bond donors (Lipinski definition) is 0. The van der Waals surface area contributed by atoms with Gasteiger partial charge < -0.3 is 14.4 Å². The van der Waals surface area contributed by atoms with Crippen LogP contribution in [-0.2, 0) is 4.74 Å². The fourth-order valence-corrected chi connectivity index (χ4v) is 4.88. The summed E-state index contributed by atoms with van der Waals surface area (Å²) in [5.74, 6) is 0.253. The van der Waals surface area contributed by atoms with Gasteiger partial charge in [0.2, 0.25) is 0 Å². The molecule has 1 saturated heterocycles. The maximum Gasteiger partial charge on any atom is 0.137 e. The predicted octanol–water partition coefficient (Wildman–Crippen LogP) is 6.20. The number of halogens is 1. The Bertz CT molecular complexity index is 1420. The van der Waals surface area contributed by atoms with E-state index in [1.54, 1.807) is 37.6 Å². The number of ether oxygens (including phenoxy) is 2. The molecular formula is C29H26FN3O2. The Morgan fingerprint density at radius 2 is 1.74 bits per heavy atom. The molecule has 0 radical (unpaired) electrons. The number of rotatable bonds is 4. The molecule has 2 heterocycles. The molecule has 4 aromatic rings. The highest BCUT2D eigenvalue weighted by molar-refractivity contribution is 6.00. The van der Waals surface area contributed by atoms with Crippen molar-refractivity contribution in [2.75, 3.05) is 25.1 Å². The lowest BCUT2D eigenvalue weighted by Gasteiger charge is -2.37. The number of methoxy groups -OCH3 is 1. The van der Waals surface area contributed by atoms with Crippen molar-refractivity contribution in [3.63, 3.8) is 0 Å². The summed E-state index contributed by atoms with van der Waals surface area (Å²) in [6.45, 7) is 5.51.